The van der Waals surface area contributed by atoms with Crippen LogP contribution in [0.2, 0.25) is 51.4 Å². The molecule has 0 spiro atoms. The van der Waals surface area contributed by atoms with E-state index < -0.39 is 28.1 Å². The molecule has 0 saturated heterocycles. The first kappa shape index (κ1) is 23.1. The summed E-state index contributed by atoms with van der Waals surface area (Å²) in [5.74, 6) is -0.839. The van der Waals surface area contributed by atoms with Crippen LogP contribution in [0.1, 0.15) is 26.2 Å². The Labute approximate surface area is 150 Å². The third-order valence-corrected chi connectivity index (χ3v) is 7.26. The van der Waals surface area contributed by atoms with Crippen LogP contribution in [0.3, 0.4) is 0 Å². The highest BCUT2D eigenvalue weighted by Gasteiger charge is 2.15. The fraction of sp³-hybridized carbons (Fsp3) is 0.778. The quantitative estimate of drug-likeness (QED) is 0.225. The minimum absolute atomic E-state index is 0.387. The number of carbonyl (C=O) groups excluding carboxylic acids is 2. The van der Waals surface area contributed by atoms with Gasteiger partial charge in [-0.15, -0.1) is 0 Å². The molecule has 6 heteroatoms. The molecule has 0 bridgehead atoms. The molecule has 4 nitrogen and oxygen atoms in total. The molecule has 0 saturated carbocycles. The highest BCUT2D eigenvalue weighted by Crippen LogP contribution is 2.13. The topological polar surface area (TPSA) is 52.6 Å². The molecule has 0 aliphatic heterocycles. The zero-order valence-corrected chi connectivity index (χ0v) is 18.7. The SMILES string of the molecule is CC/C(=C\C(=O)OCCC[Si](C)(C)C)C(=O)OCCC[Si](C)(C)C. The normalized spacial score (nSPS) is 12.9. The van der Waals surface area contributed by atoms with E-state index in [4.69, 9.17) is 9.47 Å². The number of hydrogen-bond donors (Lipinski definition) is 0. The second-order valence-corrected chi connectivity index (χ2v) is 19.9. The number of hydrogen-bond acceptors (Lipinski definition) is 4. The van der Waals surface area contributed by atoms with Crippen molar-refractivity contribution in [2.45, 2.75) is 77.6 Å². The van der Waals surface area contributed by atoms with Crippen molar-refractivity contribution >= 4 is 28.1 Å². The zero-order chi connectivity index (χ0) is 18.8. The Balaban J connectivity index is 4.22. The van der Waals surface area contributed by atoms with Gasteiger partial charge in [-0.05, 0) is 19.3 Å². The number of esters is 2. The van der Waals surface area contributed by atoms with Crippen LogP contribution in [-0.2, 0) is 19.1 Å². The molecule has 0 aromatic carbocycles. The van der Waals surface area contributed by atoms with E-state index in [0.717, 1.165) is 24.9 Å². The average Bonchev–Trinajstić information content (AvgIpc) is 2.43. The highest BCUT2D eigenvalue weighted by atomic mass is 28.3. The van der Waals surface area contributed by atoms with E-state index in [0.29, 0.717) is 25.2 Å². The van der Waals surface area contributed by atoms with Gasteiger partial charge in [-0.2, -0.15) is 0 Å². The van der Waals surface area contributed by atoms with Crippen molar-refractivity contribution in [2.75, 3.05) is 13.2 Å². The Morgan fingerprint density at radius 3 is 1.71 bits per heavy atom. The van der Waals surface area contributed by atoms with E-state index in [1.54, 1.807) is 0 Å². The standard InChI is InChI=1S/C18H36O4Si2/c1-8-16(18(20)22-12-10-14-24(5,6)7)15-17(19)21-11-9-13-23(2,3)4/h15H,8-14H2,1-7H3/b16-15+. The maximum atomic E-state index is 12.0. The lowest BCUT2D eigenvalue weighted by atomic mass is 10.2. The highest BCUT2D eigenvalue weighted by molar-refractivity contribution is 6.76. The van der Waals surface area contributed by atoms with Crippen molar-refractivity contribution < 1.29 is 19.1 Å². The monoisotopic (exact) mass is 372 g/mol. The van der Waals surface area contributed by atoms with Crippen LogP contribution in [0.5, 0.6) is 0 Å². The molecule has 0 N–H and O–H groups in total. The summed E-state index contributed by atoms with van der Waals surface area (Å²) in [7, 11) is -2.20. The number of rotatable bonds is 11. The van der Waals surface area contributed by atoms with Crippen molar-refractivity contribution in [1.29, 1.82) is 0 Å². The third kappa shape index (κ3) is 13.5. The van der Waals surface area contributed by atoms with Gasteiger partial charge in [-0.1, -0.05) is 58.3 Å². The first-order valence-corrected chi connectivity index (χ1v) is 16.4. The van der Waals surface area contributed by atoms with E-state index in [2.05, 4.69) is 39.3 Å². The van der Waals surface area contributed by atoms with E-state index in [1.165, 1.54) is 6.08 Å². The Kier molecular flexibility index (Phi) is 10.5. The molecule has 0 atom stereocenters. The predicted molar refractivity (Wildman–Crippen MR) is 106 cm³/mol. The van der Waals surface area contributed by atoms with Gasteiger partial charge in [0.05, 0.1) is 13.2 Å². The molecular weight excluding hydrogens is 336 g/mol. The van der Waals surface area contributed by atoms with Gasteiger partial charge < -0.3 is 9.47 Å². The van der Waals surface area contributed by atoms with Crippen LogP contribution in [-0.4, -0.2) is 41.3 Å². The van der Waals surface area contributed by atoms with Crippen LogP contribution in [0.25, 0.3) is 0 Å². The minimum Gasteiger partial charge on any atom is -0.463 e. The summed E-state index contributed by atoms with van der Waals surface area (Å²) in [5.41, 5.74) is 0.387. The molecule has 0 amide bonds. The second kappa shape index (κ2) is 10.9. The van der Waals surface area contributed by atoms with Gasteiger partial charge in [0.25, 0.3) is 0 Å². The number of ether oxygens (including phenoxy) is 2. The number of carbonyl (C=O) groups is 2. The molecule has 0 radical (unpaired) electrons. The van der Waals surface area contributed by atoms with Crippen LogP contribution in [0.15, 0.2) is 11.6 Å². The lowest BCUT2D eigenvalue weighted by molar-refractivity contribution is -0.141. The van der Waals surface area contributed by atoms with Gasteiger partial charge in [0.15, 0.2) is 0 Å². The lowest BCUT2D eigenvalue weighted by Gasteiger charge is -2.15. The van der Waals surface area contributed by atoms with Crippen LogP contribution in [0, 0.1) is 0 Å². The molecule has 0 rings (SSSR count). The maximum Gasteiger partial charge on any atom is 0.334 e. The molecule has 0 aliphatic carbocycles. The van der Waals surface area contributed by atoms with Crippen LogP contribution in [0.4, 0.5) is 0 Å². The largest absolute Gasteiger partial charge is 0.463 e. The molecule has 0 aromatic rings. The Morgan fingerprint density at radius 1 is 0.833 bits per heavy atom. The Bertz CT molecular complexity index is 431. The van der Waals surface area contributed by atoms with Gasteiger partial charge in [0.1, 0.15) is 0 Å². The summed E-state index contributed by atoms with van der Waals surface area (Å²) in [6, 6.07) is 2.26. The molecule has 0 aromatic heterocycles. The zero-order valence-electron chi connectivity index (χ0n) is 16.7. The first-order chi connectivity index (χ1) is 10.9. The second-order valence-electron chi connectivity index (χ2n) is 8.65. The smallest absolute Gasteiger partial charge is 0.334 e. The van der Waals surface area contributed by atoms with E-state index in [9.17, 15) is 9.59 Å². The van der Waals surface area contributed by atoms with Crippen molar-refractivity contribution in [3.63, 3.8) is 0 Å². The van der Waals surface area contributed by atoms with Gasteiger partial charge in [0, 0.05) is 27.8 Å². The third-order valence-electron chi connectivity index (χ3n) is 3.55. The summed E-state index contributed by atoms with van der Waals surface area (Å²) < 4.78 is 10.5. The first-order valence-electron chi connectivity index (χ1n) is 8.99. The molecule has 0 aliphatic rings. The van der Waals surface area contributed by atoms with Crippen LogP contribution < -0.4 is 0 Å². The Hall–Kier alpha value is -0.886. The van der Waals surface area contributed by atoms with Crippen molar-refractivity contribution in [2.24, 2.45) is 0 Å². The fourth-order valence-corrected chi connectivity index (χ4v) is 4.53. The molecular formula is C18H36O4Si2. The van der Waals surface area contributed by atoms with Gasteiger partial charge >= 0.3 is 11.9 Å². The summed E-state index contributed by atoms with van der Waals surface area (Å²) in [6.07, 6.45) is 3.53. The van der Waals surface area contributed by atoms with Crippen molar-refractivity contribution in [3.05, 3.63) is 11.6 Å². The van der Waals surface area contributed by atoms with E-state index in [1.807, 2.05) is 6.92 Å². The molecule has 0 fully saturated rings. The van der Waals surface area contributed by atoms with Gasteiger partial charge in [-0.3, -0.25) is 0 Å². The molecule has 0 heterocycles. The average molecular weight is 373 g/mol. The van der Waals surface area contributed by atoms with Gasteiger partial charge in [-0.25, -0.2) is 9.59 Å². The maximum absolute atomic E-state index is 12.0. The summed E-state index contributed by atoms with van der Waals surface area (Å²) in [4.78, 5) is 23.8. The van der Waals surface area contributed by atoms with Gasteiger partial charge in [0.2, 0.25) is 0 Å². The fourth-order valence-electron chi connectivity index (χ4n) is 2.12. The molecule has 140 valence electrons. The van der Waals surface area contributed by atoms with E-state index >= 15 is 0 Å². The molecule has 0 unspecified atom stereocenters. The predicted octanol–water partition coefficient (Wildman–Crippen LogP) is 4.87. The minimum atomic E-state index is -1.10. The lowest BCUT2D eigenvalue weighted by Crippen LogP contribution is -2.20. The molecule has 24 heavy (non-hydrogen) atoms. The summed E-state index contributed by atoms with van der Waals surface area (Å²) >= 11 is 0. The Morgan fingerprint density at radius 2 is 1.29 bits per heavy atom. The van der Waals surface area contributed by atoms with Crippen molar-refractivity contribution in [1.82, 2.24) is 0 Å². The van der Waals surface area contributed by atoms with Crippen LogP contribution >= 0.6 is 0 Å². The van der Waals surface area contributed by atoms with Crippen molar-refractivity contribution in [3.8, 4) is 0 Å². The summed E-state index contributed by atoms with van der Waals surface area (Å²) in [5, 5.41) is 0. The van der Waals surface area contributed by atoms with E-state index in [-0.39, 0.29) is 0 Å². The summed E-state index contributed by atoms with van der Waals surface area (Å²) in [6.45, 7) is 16.5.